The lowest BCUT2D eigenvalue weighted by molar-refractivity contribution is -0.116. The third kappa shape index (κ3) is 9.10. The van der Waals surface area contributed by atoms with Crippen LogP contribution in [-0.4, -0.2) is 10.9 Å². The minimum absolute atomic E-state index is 0.0634. The van der Waals surface area contributed by atoms with E-state index in [1.165, 1.54) is 56.3 Å². The number of nitrogens with zero attached hydrogens (tertiary/aromatic N) is 1. The summed E-state index contributed by atoms with van der Waals surface area (Å²) < 4.78 is 0. The van der Waals surface area contributed by atoms with Crippen molar-refractivity contribution in [3.8, 4) is 0 Å². The molecule has 0 aromatic carbocycles. The highest BCUT2D eigenvalue weighted by Gasteiger charge is 2.05. The smallest absolute Gasteiger partial charge is 0.226 e. The number of hydrogen-bond acceptors (Lipinski definition) is 3. The van der Waals surface area contributed by atoms with Crippen molar-refractivity contribution in [2.24, 2.45) is 0 Å². The van der Waals surface area contributed by atoms with E-state index < -0.39 is 0 Å². The number of rotatable bonds is 12. The summed E-state index contributed by atoms with van der Waals surface area (Å²) in [5.74, 6) is 0.457. The first-order valence-corrected chi connectivity index (χ1v) is 9.48. The number of carbonyl (C=O) groups is 1. The lowest BCUT2D eigenvalue weighted by Gasteiger charge is -2.03. The Labute approximate surface area is 137 Å². The molecular formula is C16H27ClN2OS. The van der Waals surface area contributed by atoms with Gasteiger partial charge < -0.3 is 5.32 Å². The number of halogens is 1. The molecule has 0 radical (unpaired) electrons. The Bertz CT molecular complexity index is 395. The van der Waals surface area contributed by atoms with E-state index in [1.54, 1.807) is 0 Å². The molecule has 1 aromatic heterocycles. The van der Waals surface area contributed by atoms with Crippen molar-refractivity contribution in [2.75, 3.05) is 5.32 Å². The van der Waals surface area contributed by atoms with Crippen molar-refractivity contribution in [3.63, 3.8) is 0 Å². The van der Waals surface area contributed by atoms with Crippen molar-refractivity contribution in [3.05, 3.63) is 11.1 Å². The zero-order valence-corrected chi connectivity index (χ0v) is 14.6. The van der Waals surface area contributed by atoms with Crippen molar-refractivity contribution in [1.29, 1.82) is 0 Å². The minimum Gasteiger partial charge on any atom is -0.302 e. The molecule has 0 bridgehead atoms. The van der Waals surface area contributed by atoms with Crippen LogP contribution in [0.1, 0.15) is 76.8 Å². The predicted octanol–water partition coefficient (Wildman–Crippen LogP) is 5.74. The molecule has 0 saturated heterocycles. The van der Waals surface area contributed by atoms with Crippen LogP contribution in [0.3, 0.4) is 0 Å². The Morgan fingerprint density at radius 2 is 1.76 bits per heavy atom. The van der Waals surface area contributed by atoms with E-state index in [9.17, 15) is 4.79 Å². The van der Waals surface area contributed by atoms with Crippen LogP contribution in [0.2, 0.25) is 0 Å². The van der Waals surface area contributed by atoms with E-state index in [0.717, 1.165) is 18.5 Å². The van der Waals surface area contributed by atoms with Crippen molar-refractivity contribution in [1.82, 2.24) is 4.98 Å². The first-order chi connectivity index (χ1) is 10.3. The number of alkyl halides is 1. The topological polar surface area (TPSA) is 42.0 Å². The Kier molecular flexibility index (Phi) is 10.5. The van der Waals surface area contributed by atoms with E-state index in [1.807, 2.05) is 5.38 Å². The average molecular weight is 331 g/mol. The van der Waals surface area contributed by atoms with Gasteiger partial charge in [-0.2, -0.15) is 0 Å². The second-order valence-corrected chi connectivity index (χ2v) is 6.53. The number of amides is 1. The Morgan fingerprint density at radius 3 is 2.33 bits per heavy atom. The van der Waals surface area contributed by atoms with Crippen LogP contribution in [0, 0.1) is 0 Å². The van der Waals surface area contributed by atoms with Crippen LogP contribution in [0.5, 0.6) is 0 Å². The van der Waals surface area contributed by atoms with Crippen molar-refractivity contribution < 1.29 is 4.79 Å². The van der Waals surface area contributed by atoms with Gasteiger partial charge in [-0.1, -0.05) is 58.3 Å². The summed E-state index contributed by atoms with van der Waals surface area (Å²) in [6, 6.07) is 0. The van der Waals surface area contributed by atoms with Crippen LogP contribution in [0.15, 0.2) is 5.38 Å². The largest absolute Gasteiger partial charge is 0.302 e. The van der Waals surface area contributed by atoms with Gasteiger partial charge in [0.05, 0.1) is 11.6 Å². The maximum Gasteiger partial charge on any atom is 0.226 e. The molecule has 3 nitrogen and oxygen atoms in total. The molecule has 0 spiro atoms. The summed E-state index contributed by atoms with van der Waals surface area (Å²) in [4.78, 5) is 16.0. The van der Waals surface area contributed by atoms with Crippen LogP contribution < -0.4 is 5.32 Å². The van der Waals surface area contributed by atoms with Gasteiger partial charge in [0, 0.05) is 11.8 Å². The molecule has 0 atom stereocenters. The summed E-state index contributed by atoms with van der Waals surface area (Å²) >= 11 is 7.11. The molecule has 0 aliphatic heterocycles. The SMILES string of the molecule is CCCCCCCCCCCC(=O)Nc1nc(CCl)cs1. The zero-order valence-electron chi connectivity index (χ0n) is 13.0. The number of hydrogen-bond donors (Lipinski definition) is 1. The number of unbranched alkanes of at least 4 members (excludes halogenated alkanes) is 8. The number of anilines is 1. The van der Waals surface area contributed by atoms with E-state index in [2.05, 4.69) is 17.2 Å². The quantitative estimate of drug-likeness (QED) is 0.392. The molecule has 120 valence electrons. The maximum atomic E-state index is 11.7. The molecule has 5 heteroatoms. The van der Waals surface area contributed by atoms with E-state index in [4.69, 9.17) is 11.6 Å². The fraction of sp³-hybridized carbons (Fsp3) is 0.750. The fourth-order valence-electron chi connectivity index (χ4n) is 2.20. The van der Waals surface area contributed by atoms with Crippen molar-refractivity contribution >= 4 is 34.0 Å². The zero-order chi connectivity index (χ0) is 15.3. The normalized spacial score (nSPS) is 10.8. The summed E-state index contributed by atoms with van der Waals surface area (Å²) in [6.45, 7) is 2.24. The molecule has 1 heterocycles. The van der Waals surface area contributed by atoms with Gasteiger partial charge in [-0.3, -0.25) is 4.79 Å². The van der Waals surface area contributed by atoms with Gasteiger partial charge in [0.2, 0.25) is 5.91 Å². The average Bonchev–Trinajstić information content (AvgIpc) is 2.93. The monoisotopic (exact) mass is 330 g/mol. The third-order valence-corrected chi connectivity index (χ3v) is 4.52. The van der Waals surface area contributed by atoms with Gasteiger partial charge in [-0.25, -0.2) is 4.98 Å². The highest BCUT2D eigenvalue weighted by Crippen LogP contribution is 2.17. The molecule has 1 aromatic rings. The summed E-state index contributed by atoms with van der Waals surface area (Å²) in [7, 11) is 0. The van der Waals surface area contributed by atoms with Gasteiger partial charge in [-0.15, -0.1) is 22.9 Å². The molecule has 0 unspecified atom stereocenters. The Balaban J connectivity index is 1.96. The molecule has 0 aliphatic carbocycles. The van der Waals surface area contributed by atoms with Gasteiger partial charge in [0.25, 0.3) is 0 Å². The minimum atomic E-state index is 0.0634. The van der Waals surface area contributed by atoms with E-state index >= 15 is 0 Å². The van der Waals surface area contributed by atoms with Crippen LogP contribution in [0.4, 0.5) is 5.13 Å². The van der Waals surface area contributed by atoms with Crippen LogP contribution in [0.25, 0.3) is 0 Å². The highest BCUT2D eigenvalue weighted by atomic mass is 35.5. The van der Waals surface area contributed by atoms with Gasteiger partial charge in [0.1, 0.15) is 0 Å². The molecule has 0 saturated carbocycles. The molecule has 1 N–H and O–H groups in total. The number of nitrogens with one attached hydrogen (secondary N) is 1. The first-order valence-electron chi connectivity index (χ1n) is 8.06. The highest BCUT2D eigenvalue weighted by molar-refractivity contribution is 7.13. The number of carbonyl (C=O) groups excluding carboxylic acids is 1. The lowest BCUT2D eigenvalue weighted by atomic mass is 10.1. The number of thiazole rings is 1. The molecule has 1 amide bonds. The van der Waals surface area contributed by atoms with Gasteiger partial charge in [0.15, 0.2) is 5.13 Å². The Hall–Kier alpha value is -0.610. The van der Waals surface area contributed by atoms with Crippen LogP contribution >= 0.6 is 22.9 Å². The second-order valence-electron chi connectivity index (χ2n) is 5.40. The second kappa shape index (κ2) is 12.0. The molecule has 1 rings (SSSR count). The Morgan fingerprint density at radius 1 is 1.14 bits per heavy atom. The first kappa shape index (κ1) is 18.4. The van der Waals surface area contributed by atoms with Crippen molar-refractivity contribution in [2.45, 2.75) is 77.0 Å². The molecule has 21 heavy (non-hydrogen) atoms. The summed E-state index contributed by atoms with van der Waals surface area (Å²) in [6.07, 6.45) is 12.0. The summed E-state index contributed by atoms with van der Waals surface area (Å²) in [5.41, 5.74) is 0.819. The maximum absolute atomic E-state index is 11.7. The van der Waals surface area contributed by atoms with Gasteiger partial charge >= 0.3 is 0 Å². The molecule has 0 aliphatic rings. The molecular weight excluding hydrogens is 304 g/mol. The standard InChI is InChI=1S/C16H27ClN2OS/c1-2-3-4-5-6-7-8-9-10-11-15(20)19-16-18-14(12-17)13-21-16/h13H,2-12H2,1H3,(H,18,19,20). The predicted molar refractivity (Wildman–Crippen MR) is 92.1 cm³/mol. The van der Waals surface area contributed by atoms with E-state index in [0.29, 0.717) is 17.4 Å². The lowest BCUT2D eigenvalue weighted by Crippen LogP contribution is -2.10. The molecule has 0 fully saturated rings. The number of aromatic nitrogens is 1. The van der Waals surface area contributed by atoms with E-state index in [-0.39, 0.29) is 5.91 Å². The van der Waals surface area contributed by atoms with Crippen LogP contribution in [-0.2, 0) is 10.7 Å². The third-order valence-electron chi connectivity index (χ3n) is 3.44. The fourth-order valence-corrected chi connectivity index (χ4v) is 3.16. The summed E-state index contributed by atoms with van der Waals surface area (Å²) in [5, 5.41) is 5.37. The van der Waals surface area contributed by atoms with Gasteiger partial charge in [-0.05, 0) is 6.42 Å².